The van der Waals surface area contributed by atoms with E-state index in [1.54, 1.807) is 17.3 Å². The maximum Gasteiger partial charge on any atom is 0.251 e. The Morgan fingerprint density at radius 2 is 1.97 bits per heavy atom. The van der Waals surface area contributed by atoms with Crippen molar-refractivity contribution in [3.63, 3.8) is 0 Å². The van der Waals surface area contributed by atoms with Crippen molar-refractivity contribution in [1.82, 2.24) is 20.2 Å². The molecule has 2 aromatic rings. The van der Waals surface area contributed by atoms with Crippen LogP contribution in [0, 0.1) is 0 Å². The lowest BCUT2D eigenvalue weighted by Crippen LogP contribution is -2.42. The van der Waals surface area contributed by atoms with Crippen LogP contribution < -0.4 is 5.32 Å². The Hall–Kier alpha value is -3.58. The number of allylic oxidation sites excluding steroid dienone is 2. The average Bonchev–Trinajstić information content (AvgIpc) is 2.88. The van der Waals surface area contributed by atoms with Crippen molar-refractivity contribution in [3.05, 3.63) is 83.6 Å². The standard InChI is InChI=1S/C26H30N6O/c1-4-31(5-2)19(3)18-28-26(33)21-11-14-27-24(17-21)22-12-15-29-32-16-13-23(30-25(22)32)20-9-7-6-8-10-20/h6-11,13-17,19H,4-5,12,18H2,1-3H3,(H,28,33). The van der Waals surface area contributed by atoms with Crippen molar-refractivity contribution in [2.75, 3.05) is 19.6 Å². The summed E-state index contributed by atoms with van der Waals surface area (Å²) in [5, 5.41) is 9.26. The van der Waals surface area contributed by atoms with Gasteiger partial charge in [-0.25, -0.2) is 10.0 Å². The molecule has 2 aliphatic heterocycles. The zero-order valence-corrected chi connectivity index (χ0v) is 19.4. The largest absolute Gasteiger partial charge is 0.350 e. The second kappa shape index (κ2) is 10.4. The van der Waals surface area contributed by atoms with Gasteiger partial charge >= 0.3 is 0 Å². The quantitative estimate of drug-likeness (QED) is 0.673. The Kier molecular flexibility index (Phi) is 7.10. The van der Waals surface area contributed by atoms with Crippen LogP contribution in [0.2, 0.25) is 0 Å². The minimum Gasteiger partial charge on any atom is -0.350 e. The highest BCUT2D eigenvalue weighted by Gasteiger charge is 2.22. The number of pyridine rings is 1. The number of hydrogen-bond donors (Lipinski definition) is 1. The summed E-state index contributed by atoms with van der Waals surface area (Å²) in [6.07, 6.45) is 7.98. The van der Waals surface area contributed by atoms with Crippen molar-refractivity contribution in [2.24, 2.45) is 10.1 Å². The number of amides is 1. The Balaban J connectivity index is 1.58. The van der Waals surface area contributed by atoms with E-state index in [1.807, 2.05) is 54.9 Å². The summed E-state index contributed by atoms with van der Waals surface area (Å²) < 4.78 is 0. The maximum atomic E-state index is 12.9. The van der Waals surface area contributed by atoms with Crippen LogP contribution in [0.3, 0.4) is 0 Å². The van der Waals surface area contributed by atoms with Crippen LogP contribution in [0.1, 0.15) is 48.8 Å². The highest BCUT2D eigenvalue weighted by Crippen LogP contribution is 2.30. The fourth-order valence-electron chi connectivity index (χ4n) is 4.07. The first kappa shape index (κ1) is 22.6. The molecule has 0 fully saturated rings. The molecular weight excluding hydrogens is 412 g/mol. The molecule has 0 aliphatic carbocycles. The SMILES string of the molecule is CCN(CC)C(C)CNC(=O)c1ccnc(C2=C3N=C(c4ccccc4)C=CN3N=CC2)c1. The van der Waals surface area contributed by atoms with Gasteiger partial charge in [-0.05, 0) is 38.2 Å². The van der Waals surface area contributed by atoms with E-state index in [2.05, 4.69) is 41.1 Å². The molecule has 0 spiro atoms. The number of rotatable bonds is 8. The molecule has 0 saturated heterocycles. The van der Waals surface area contributed by atoms with Gasteiger partial charge in [-0.15, -0.1) is 0 Å². The van der Waals surface area contributed by atoms with Crippen LogP contribution in [-0.4, -0.2) is 58.4 Å². The molecule has 1 atom stereocenters. The average molecular weight is 443 g/mol. The van der Waals surface area contributed by atoms with Crippen LogP contribution in [0.25, 0.3) is 5.57 Å². The Labute approximate surface area is 195 Å². The number of likely N-dealkylation sites (N-methyl/N-ethyl adjacent to an activating group) is 1. The highest BCUT2D eigenvalue weighted by molar-refractivity contribution is 6.10. The fourth-order valence-corrected chi connectivity index (χ4v) is 4.07. The zero-order valence-electron chi connectivity index (χ0n) is 19.4. The predicted octanol–water partition coefficient (Wildman–Crippen LogP) is 3.92. The molecule has 2 aliphatic rings. The first-order valence-corrected chi connectivity index (χ1v) is 11.5. The molecule has 1 N–H and O–H groups in total. The predicted molar refractivity (Wildman–Crippen MR) is 133 cm³/mol. The minimum absolute atomic E-state index is 0.0957. The molecule has 4 rings (SSSR count). The number of carbonyl (C=O) groups excluding carboxylic acids is 1. The summed E-state index contributed by atoms with van der Waals surface area (Å²) in [4.78, 5) is 24.6. The van der Waals surface area contributed by atoms with Crippen LogP contribution >= 0.6 is 0 Å². The van der Waals surface area contributed by atoms with Gasteiger partial charge in [-0.3, -0.25) is 14.7 Å². The van der Waals surface area contributed by atoms with Crippen molar-refractivity contribution in [3.8, 4) is 0 Å². The number of carbonyl (C=O) groups is 1. The number of hydrazone groups is 1. The van der Waals surface area contributed by atoms with Crippen LogP contribution in [-0.2, 0) is 0 Å². The summed E-state index contributed by atoms with van der Waals surface area (Å²) in [6.45, 7) is 8.92. The minimum atomic E-state index is -0.0957. The Bertz CT molecular complexity index is 1110. The molecule has 1 aromatic carbocycles. The molecule has 1 amide bonds. The molecule has 7 nitrogen and oxygen atoms in total. The monoisotopic (exact) mass is 442 g/mol. The molecule has 0 bridgehead atoms. The lowest BCUT2D eigenvalue weighted by Gasteiger charge is -2.26. The molecule has 1 aromatic heterocycles. The number of hydrogen-bond acceptors (Lipinski definition) is 6. The van der Waals surface area contributed by atoms with Gasteiger partial charge in [0.25, 0.3) is 5.91 Å². The number of aromatic nitrogens is 1. The van der Waals surface area contributed by atoms with Gasteiger partial charge < -0.3 is 5.32 Å². The maximum absolute atomic E-state index is 12.9. The molecule has 33 heavy (non-hydrogen) atoms. The number of nitrogens with zero attached hydrogens (tertiary/aromatic N) is 5. The second-order valence-corrected chi connectivity index (χ2v) is 8.04. The zero-order chi connectivity index (χ0) is 23.2. The van der Waals surface area contributed by atoms with E-state index >= 15 is 0 Å². The Morgan fingerprint density at radius 1 is 1.18 bits per heavy atom. The third-order valence-corrected chi connectivity index (χ3v) is 5.98. The normalized spacial score (nSPS) is 16.0. The molecule has 3 heterocycles. The Morgan fingerprint density at radius 3 is 2.73 bits per heavy atom. The van der Waals surface area contributed by atoms with Gasteiger partial charge in [0, 0.05) is 54.3 Å². The van der Waals surface area contributed by atoms with E-state index in [9.17, 15) is 4.79 Å². The van der Waals surface area contributed by atoms with Gasteiger partial charge in [-0.1, -0.05) is 44.2 Å². The van der Waals surface area contributed by atoms with Crippen molar-refractivity contribution in [2.45, 2.75) is 33.2 Å². The fraction of sp³-hybridized carbons (Fsp3) is 0.308. The van der Waals surface area contributed by atoms with Gasteiger partial charge in [0.05, 0.1) is 11.4 Å². The van der Waals surface area contributed by atoms with Gasteiger partial charge in [0.2, 0.25) is 0 Å². The first-order chi connectivity index (χ1) is 16.1. The summed E-state index contributed by atoms with van der Waals surface area (Å²) in [7, 11) is 0. The molecule has 0 saturated carbocycles. The van der Waals surface area contributed by atoms with Crippen LogP contribution in [0.15, 0.2) is 76.9 Å². The number of aliphatic imine (C=N–C) groups is 1. The van der Waals surface area contributed by atoms with E-state index in [0.717, 1.165) is 41.5 Å². The third-order valence-electron chi connectivity index (χ3n) is 5.98. The molecular formula is C26H30N6O. The van der Waals surface area contributed by atoms with Crippen molar-refractivity contribution < 1.29 is 4.79 Å². The van der Waals surface area contributed by atoms with E-state index in [0.29, 0.717) is 18.5 Å². The van der Waals surface area contributed by atoms with E-state index in [1.165, 1.54) is 0 Å². The number of nitrogens with one attached hydrogen (secondary N) is 1. The van der Waals surface area contributed by atoms with Gasteiger partial charge in [0.1, 0.15) is 0 Å². The topological polar surface area (TPSA) is 73.2 Å². The molecule has 170 valence electrons. The first-order valence-electron chi connectivity index (χ1n) is 11.5. The number of fused-ring (bicyclic) bond motifs is 1. The van der Waals surface area contributed by atoms with Crippen LogP contribution in [0.5, 0.6) is 0 Å². The van der Waals surface area contributed by atoms with Gasteiger partial charge in [0.15, 0.2) is 5.82 Å². The smallest absolute Gasteiger partial charge is 0.251 e. The van der Waals surface area contributed by atoms with Gasteiger partial charge in [-0.2, -0.15) is 5.10 Å². The summed E-state index contributed by atoms with van der Waals surface area (Å²) >= 11 is 0. The van der Waals surface area contributed by atoms with Crippen molar-refractivity contribution in [1.29, 1.82) is 0 Å². The summed E-state index contributed by atoms with van der Waals surface area (Å²) in [5.41, 5.74) is 4.17. The van der Waals surface area contributed by atoms with E-state index < -0.39 is 0 Å². The molecule has 7 heteroatoms. The van der Waals surface area contributed by atoms with Crippen molar-refractivity contribution >= 4 is 23.4 Å². The second-order valence-electron chi connectivity index (χ2n) is 8.04. The molecule has 0 radical (unpaired) electrons. The van der Waals surface area contributed by atoms with Crippen LogP contribution in [0.4, 0.5) is 0 Å². The third kappa shape index (κ3) is 5.09. The lowest BCUT2D eigenvalue weighted by atomic mass is 10.0. The number of benzene rings is 1. The summed E-state index contributed by atoms with van der Waals surface area (Å²) in [5.74, 6) is 0.640. The van der Waals surface area contributed by atoms with E-state index in [-0.39, 0.29) is 11.9 Å². The highest BCUT2D eigenvalue weighted by atomic mass is 16.1. The summed E-state index contributed by atoms with van der Waals surface area (Å²) in [6, 6.07) is 13.9. The molecule has 1 unspecified atom stereocenters. The lowest BCUT2D eigenvalue weighted by molar-refractivity contribution is 0.0938. The van der Waals surface area contributed by atoms with E-state index in [4.69, 9.17) is 4.99 Å².